The van der Waals surface area contributed by atoms with Crippen LogP contribution in [0.3, 0.4) is 0 Å². The maximum absolute atomic E-state index is 12.6. The van der Waals surface area contributed by atoms with Crippen molar-refractivity contribution in [3.05, 3.63) is 111 Å². The number of amides is 2. The van der Waals surface area contributed by atoms with Crippen LogP contribution < -0.4 is 10.1 Å². The number of benzene rings is 2. The van der Waals surface area contributed by atoms with Crippen molar-refractivity contribution in [2.24, 2.45) is 4.99 Å². The van der Waals surface area contributed by atoms with Crippen LogP contribution in [0.2, 0.25) is 0 Å². The van der Waals surface area contributed by atoms with Gasteiger partial charge in [0.1, 0.15) is 5.76 Å². The number of nitrogens with one attached hydrogen (secondary N) is 1. The summed E-state index contributed by atoms with van der Waals surface area (Å²) in [5, 5.41) is 4.81. The van der Waals surface area contributed by atoms with Crippen LogP contribution in [0, 0.1) is 6.92 Å². The smallest absolute Gasteiger partial charge is 0.287 e. The molecule has 0 bridgehead atoms. The molecule has 0 radical (unpaired) electrons. The third-order valence-corrected chi connectivity index (χ3v) is 5.78. The number of hydrogen-bond donors (Lipinski definition) is 1. The van der Waals surface area contributed by atoms with Gasteiger partial charge in [0.15, 0.2) is 10.6 Å². The molecule has 0 spiro atoms. The zero-order valence-electron chi connectivity index (χ0n) is 17.8. The highest BCUT2D eigenvalue weighted by molar-refractivity contribution is 7.07. The molecular weight excluding hydrogens is 422 g/mol. The largest absolute Gasteiger partial charge is 0.454 e. The number of aryl methyl sites for hydroxylation is 1. The minimum Gasteiger partial charge on any atom is -0.454 e. The lowest BCUT2D eigenvalue weighted by Gasteiger charge is -2.13. The van der Waals surface area contributed by atoms with Gasteiger partial charge in [0.2, 0.25) is 0 Å². The van der Waals surface area contributed by atoms with Crippen LogP contribution in [0.1, 0.15) is 50.8 Å². The zero-order chi connectivity index (χ0) is 22.5. The van der Waals surface area contributed by atoms with Gasteiger partial charge in [-0.05, 0) is 43.7 Å². The van der Waals surface area contributed by atoms with E-state index in [9.17, 15) is 9.59 Å². The van der Waals surface area contributed by atoms with Gasteiger partial charge < -0.3 is 14.3 Å². The van der Waals surface area contributed by atoms with E-state index in [2.05, 4.69) is 10.3 Å². The monoisotopic (exact) mass is 445 g/mol. The molecule has 6 nitrogen and oxygen atoms in total. The van der Waals surface area contributed by atoms with Crippen LogP contribution >= 0.6 is 11.3 Å². The summed E-state index contributed by atoms with van der Waals surface area (Å²) in [6.07, 6.45) is 1.84. The summed E-state index contributed by atoms with van der Waals surface area (Å²) >= 11 is 1.37. The molecule has 0 aliphatic heterocycles. The quantitative estimate of drug-likeness (QED) is 0.466. The predicted octanol–water partition coefficient (Wildman–Crippen LogP) is 4.73. The summed E-state index contributed by atoms with van der Waals surface area (Å²) in [5.74, 6) is 0.278. The molecule has 0 saturated carbocycles. The molecule has 0 saturated heterocycles. The van der Waals surface area contributed by atoms with Gasteiger partial charge in [0.25, 0.3) is 11.8 Å². The molecule has 0 unspecified atom stereocenters. The van der Waals surface area contributed by atoms with E-state index in [1.54, 1.807) is 18.2 Å². The second-order valence-electron chi connectivity index (χ2n) is 7.47. The molecule has 2 heterocycles. The Bertz CT molecular complexity index is 1300. The van der Waals surface area contributed by atoms with Crippen molar-refractivity contribution in [1.82, 2.24) is 9.88 Å². The van der Waals surface area contributed by atoms with E-state index in [-0.39, 0.29) is 23.6 Å². The minimum absolute atomic E-state index is 0.137. The normalized spacial score (nSPS) is 12.5. The second-order valence-corrected chi connectivity index (χ2v) is 8.34. The molecule has 0 aliphatic carbocycles. The molecule has 1 N–H and O–H groups in total. The van der Waals surface area contributed by atoms with E-state index < -0.39 is 0 Å². The third kappa shape index (κ3) is 5.12. The van der Waals surface area contributed by atoms with Gasteiger partial charge in [0.05, 0.1) is 12.6 Å². The van der Waals surface area contributed by atoms with E-state index >= 15 is 0 Å². The number of carbonyl (C=O) groups is 2. The Labute approximate surface area is 189 Å². The van der Waals surface area contributed by atoms with E-state index in [0.717, 1.165) is 11.1 Å². The fourth-order valence-electron chi connectivity index (χ4n) is 3.28. The first-order valence-electron chi connectivity index (χ1n) is 10.2. The summed E-state index contributed by atoms with van der Waals surface area (Å²) in [6, 6.07) is 20.4. The first kappa shape index (κ1) is 21.5. The summed E-state index contributed by atoms with van der Waals surface area (Å²) in [4.78, 5) is 29.9. The predicted molar refractivity (Wildman–Crippen MR) is 124 cm³/mol. The van der Waals surface area contributed by atoms with Crippen LogP contribution in [0.25, 0.3) is 0 Å². The van der Waals surface area contributed by atoms with Crippen molar-refractivity contribution < 1.29 is 14.0 Å². The van der Waals surface area contributed by atoms with Crippen molar-refractivity contribution in [2.75, 3.05) is 0 Å². The summed E-state index contributed by atoms with van der Waals surface area (Å²) in [5.41, 5.74) is 2.58. The van der Waals surface area contributed by atoms with Gasteiger partial charge in [-0.1, -0.05) is 48.0 Å². The molecule has 2 amide bonds. The van der Waals surface area contributed by atoms with Gasteiger partial charge in [-0.3, -0.25) is 9.59 Å². The lowest BCUT2D eigenvalue weighted by Crippen LogP contribution is -2.26. The fraction of sp³-hybridized carbons (Fsp3) is 0.160. The molecule has 1 atom stereocenters. The topological polar surface area (TPSA) is 76.6 Å². The van der Waals surface area contributed by atoms with Crippen LogP contribution in [-0.4, -0.2) is 16.4 Å². The standard InChI is InChI=1S/C25H23N3O3S/c1-17-7-6-10-20(15-17)23(29)27-25-28(13-14-32-25)16-21-11-12-22(31-21)24(30)26-18(2)19-8-4-3-5-9-19/h3-15,18H,16H2,1-2H3,(H,26,30)/t18-/m0/s1. The summed E-state index contributed by atoms with van der Waals surface area (Å²) in [7, 11) is 0. The fourth-order valence-corrected chi connectivity index (χ4v) is 4.01. The molecule has 2 aromatic heterocycles. The van der Waals surface area contributed by atoms with E-state index in [0.29, 0.717) is 22.7 Å². The Kier molecular flexibility index (Phi) is 6.47. The van der Waals surface area contributed by atoms with E-state index in [1.807, 2.05) is 78.5 Å². The van der Waals surface area contributed by atoms with Crippen molar-refractivity contribution in [2.45, 2.75) is 26.4 Å². The highest BCUT2D eigenvalue weighted by Crippen LogP contribution is 2.14. The molecular formula is C25H23N3O3S. The molecule has 32 heavy (non-hydrogen) atoms. The molecule has 4 rings (SSSR count). The van der Waals surface area contributed by atoms with Crippen LogP contribution in [0.4, 0.5) is 0 Å². The Hall–Kier alpha value is -3.71. The van der Waals surface area contributed by atoms with Crippen molar-refractivity contribution in [3.8, 4) is 0 Å². The van der Waals surface area contributed by atoms with Gasteiger partial charge in [-0.2, -0.15) is 4.99 Å². The number of thiazole rings is 1. The Morgan fingerprint density at radius 2 is 1.91 bits per heavy atom. The molecule has 7 heteroatoms. The van der Waals surface area contributed by atoms with Gasteiger partial charge in [-0.25, -0.2) is 0 Å². The van der Waals surface area contributed by atoms with E-state index in [1.165, 1.54) is 11.3 Å². The maximum atomic E-state index is 12.6. The van der Waals surface area contributed by atoms with Crippen LogP contribution in [0.15, 0.2) is 87.7 Å². The number of rotatable bonds is 6. The molecule has 2 aromatic carbocycles. The average molecular weight is 446 g/mol. The average Bonchev–Trinajstić information content (AvgIpc) is 3.44. The molecule has 4 aromatic rings. The van der Waals surface area contributed by atoms with Gasteiger partial charge >= 0.3 is 0 Å². The van der Waals surface area contributed by atoms with Crippen LogP contribution in [-0.2, 0) is 6.54 Å². The molecule has 0 aliphatic rings. The van der Waals surface area contributed by atoms with E-state index in [4.69, 9.17) is 4.42 Å². The van der Waals surface area contributed by atoms with Crippen LogP contribution in [0.5, 0.6) is 0 Å². The lowest BCUT2D eigenvalue weighted by atomic mass is 10.1. The molecule has 162 valence electrons. The molecule has 0 fully saturated rings. The highest BCUT2D eigenvalue weighted by Gasteiger charge is 2.15. The highest BCUT2D eigenvalue weighted by atomic mass is 32.1. The summed E-state index contributed by atoms with van der Waals surface area (Å²) < 4.78 is 7.59. The minimum atomic E-state index is -0.292. The number of aromatic nitrogens is 1. The van der Waals surface area contributed by atoms with Gasteiger partial charge in [-0.15, -0.1) is 11.3 Å². The zero-order valence-corrected chi connectivity index (χ0v) is 18.6. The Morgan fingerprint density at radius 3 is 2.69 bits per heavy atom. The number of nitrogens with zero attached hydrogens (tertiary/aromatic N) is 2. The maximum Gasteiger partial charge on any atom is 0.287 e. The number of furan rings is 1. The first-order valence-corrected chi connectivity index (χ1v) is 11.1. The van der Waals surface area contributed by atoms with Crippen molar-refractivity contribution >= 4 is 23.2 Å². The number of carbonyl (C=O) groups excluding carboxylic acids is 2. The first-order chi connectivity index (χ1) is 15.5. The van der Waals surface area contributed by atoms with Crippen molar-refractivity contribution in [1.29, 1.82) is 0 Å². The second kappa shape index (κ2) is 9.62. The SMILES string of the molecule is Cc1cccc(C(=O)N=c2sccn2Cc2ccc(C(=O)N[C@@H](C)c3ccccc3)o2)c1. The lowest BCUT2D eigenvalue weighted by molar-refractivity contribution is 0.0909. The van der Waals surface area contributed by atoms with Gasteiger partial charge in [0, 0.05) is 17.1 Å². The van der Waals surface area contributed by atoms with Crippen molar-refractivity contribution in [3.63, 3.8) is 0 Å². The Balaban J connectivity index is 1.46. The Morgan fingerprint density at radius 1 is 1.09 bits per heavy atom. The number of hydrogen-bond acceptors (Lipinski definition) is 4. The third-order valence-electron chi connectivity index (χ3n) is 4.98. The summed E-state index contributed by atoms with van der Waals surface area (Å²) in [6.45, 7) is 4.23.